The highest BCUT2D eigenvalue weighted by molar-refractivity contribution is 7.92. The van der Waals surface area contributed by atoms with Crippen molar-refractivity contribution in [1.29, 1.82) is 0 Å². The van der Waals surface area contributed by atoms with Gasteiger partial charge in [0.25, 0.3) is 5.91 Å². The quantitative estimate of drug-likeness (QED) is 0.615. The first-order chi connectivity index (χ1) is 12.8. The van der Waals surface area contributed by atoms with E-state index < -0.39 is 10.0 Å². The number of hydrogen-bond acceptors (Lipinski definition) is 5. The molecule has 0 saturated carbocycles. The molecular weight excluding hydrogens is 384 g/mol. The van der Waals surface area contributed by atoms with Gasteiger partial charge in [-0.25, -0.2) is 8.42 Å². The van der Waals surface area contributed by atoms with Crippen LogP contribution in [-0.4, -0.2) is 26.9 Å². The van der Waals surface area contributed by atoms with Crippen molar-refractivity contribution in [3.63, 3.8) is 0 Å². The molecule has 138 valence electrons. The first-order valence-electron chi connectivity index (χ1n) is 7.87. The lowest BCUT2D eigenvalue weighted by Gasteiger charge is -2.09. The third-order valence-electron chi connectivity index (χ3n) is 3.58. The number of aldehydes is 1. The monoisotopic (exact) mass is 400 g/mol. The zero-order chi connectivity index (χ0) is 19.4. The van der Waals surface area contributed by atoms with Gasteiger partial charge >= 0.3 is 0 Å². The molecular formula is C19H16N2O4S2. The normalized spacial score (nSPS) is 11.0. The molecule has 0 radical (unpaired) electrons. The Morgan fingerprint density at radius 2 is 1.70 bits per heavy atom. The molecule has 0 aliphatic heterocycles. The number of amides is 1. The molecule has 2 N–H and O–H groups in total. The summed E-state index contributed by atoms with van der Waals surface area (Å²) in [5.74, 6) is -0.337. The minimum absolute atomic E-state index is 0.202. The van der Waals surface area contributed by atoms with Gasteiger partial charge in [0.05, 0.1) is 16.8 Å². The zero-order valence-electron chi connectivity index (χ0n) is 14.3. The number of hydrogen-bond donors (Lipinski definition) is 2. The number of nitrogens with one attached hydrogen (secondary N) is 2. The number of carbonyl (C=O) groups is 2. The molecule has 3 rings (SSSR count). The maximum atomic E-state index is 12.5. The van der Waals surface area contributed by atoms with E-state index in [0.29, 0.717) is 16.9 Å². The minimum atomic E-state index is -3.50. The van der Waals surface area contributed by atoms with Gasteiger partial charge in [-0.2, -0.15) is 0 Å². The van der Waals surface area contributed by atoms with Gasteiger partial charge < -0.3 is 5.32 Å². The summed E-state index contributed by atoms with van der Waals surface area (Å²) in [6.45, 7) is 0. The molecule has 1 aromatic heterocycles. The standard InChI is InChI=1S/C19H16N2O4S2/c1-27(24,25)21-17-8-13(11-22)7-16(10-17)20-19(23)18-9-15(12-26-18)14-5-3-2-4-6-14/h2-12,21H,1H3,(H,20,23). The fourth-order valence-corrected chi connectivity index (χ4v) is 3.85. The second-order valence-electron chi connectivity index (χ2n) is 5.86. The van der Waals surface area contributed by atoms with Gasteiger partial charge in [0, 0.05) is 11.3 Å². The summed E-state index contributed by atoms with van der Waals surface area (Å²) in [5, 5.41) is 4.59. The van der Waals surface area contributed by atoms with Crippen LogP contribution in [0, 0.1) is 0 Å². The van der Waals surface area contributed by atoms with E-state index in [-0.39, 0.29) is 17.2 Å². The Hall–Kier alpha value is -2.97. The molecule has 2 aromatic carbocycles. The highest BCUT2D eigenvalue weighted by Gasteiger charge is 2.12. The summed E-state index contributed by atoms with van der Waals surface area (Å²) in [4.78, 5) is 24.1. The van der Waals surface area contributed by atoms with Crippen molar-refractivity contribution in [2.24, 2.45) is 0 Å². The number of rotatable bonds is 6. The predicted octanol–water partition coefficient (Wildman–Crippen LogP) is 3.85. The van der Waals surface area contributed by atoms with Gasteiger partial charge in [-0.05, 0) is 40.8 Å². The molecule has 0 bridgehead atoms. The lowest BCUT2D eigenvalue weighted by molar-refractivity contribution is 0.102. The summed E-state index contributed by atoms with van der Waals surface area (Å²) < 4.78 is 25.1. The van der Waals surface area contributed by atoms with Crippen LogP contribution in [0.1, 0.15) is 20.0 Å². The molecule has 0 saturated heterocycles. The first kappa shape index (κ1) is 18.8. The smallest absolute Gasteiger partial charge is 0.265 e. The Kier molecular flexibility index (Phi) is 5.38. The number of benzene rings is 2. The zero-order valence-corrected chi connectivity index (χ0v) is 15.9. The molecule has 3 aromatic rings. The van der Waals surface area contributed by atoms with Crippen molar-refractivity contribution in [2.45, 2.75) is 0 Å². The Balaban J connectivity index is 1.82. The lowest BCUT2D eigenvalue weighted by atomic mass is 10.1. The van der Waals surface area contributed by atoms with Crippen molar-refractivity contribution in [2.75, 3.05) is 16.3 Å². The minimum Gasteiger partial charge on any atom is -0.321 e. The molecule has 1 amide bonds. The van der Waals surface area contributed by atoms with E-state index in [1.54, 1.807) is 6.07 Å². The molecule has 0 unspecified atom stereocenters. The SMILES string of the molecule is CS(=O)(=O)Nc1cc(C=O)cc(NC(=O)c2cc(-c3ccccc3)cs2)c1. The van der Waals surface area contributed by atoms with Crippen LogP contribution in [0.3, 0.4) is 0 Å². The number of anilines is 2. The molecule has 0 aliphatic carbocycles. The van der Waals surface area contributed by atoms with Crippen molar-refractivity contribution < 1.29 is 18.0 Å². The number of carbonyl (C=O) groups excluding carboxylic acids is 2. The average Bonchev–Trinajstić information content (AvgIpc) is 3.11. The lowest BCUT2D eigenvalue weighted by Crippen LogP contribution is -2.13. The van der Waals surface area contributed by atoms with E-state index in [1.807, 2.05) is 35.7 Å². The van der Waals surface area contributed by atoms with E-state index in [4.69, 9.17) is 0 Å². The molecule has 6 nitrogen and oxygen atoms in total. The maximum Gasteiger partial charge on any atom is 0.265 e. The summed E-state index contributed by atoms with van der Waals surface area (Å²) in [6, 6.07) is 15.8. The molecule has 0 spiro atoms. The highest BCUT2D eigenvalue weighted by Crippen LogP contribution is 2.26. The number of thiophene rings is 1. The van der Waals surface area contributed by atoms with Crippen molar-refractivity contribution in [1.82, 2.24) is 0 Å². The maximum absolute atomic E-state index is 12.5. The van der Waals surface area contributed by atoms with Crippen molar-refractivity contribution in [3.05, 3.63) is 70.4 Å². The predicted molar refractivity (Wildman–Crippen MR) is 108 cm³/mol. The van der Waals surface area contributed by atoms with Crippen LogP contribution in [0.15, 0.2) is 60.0 Å². The molecule has 1 heterocycles. The van der Waals surface area contributed by atoms with E-state index in [9.17, 15) is 18.0 Å². The van der Waals surface area contributed by atoms with E-state index in [1.165, 1.54) is 29.5 Å². The highest BCUT2D eigenvalue weighted by atomic mass is 32.2. The Morgan fingerprint density at radius 1 is 1.00 bits per heavy atom. The van der Waals surface area contributed by atoms with Gasteiger partial charge in [-0.1, -0.05) is 30.3 Å². The van der Waals surface area contributed by atoms with Crippen LogP contribution in [-0.2, 0) is 10.0 Å². The second-order valence-corrected chi connectivity index (χ2v) is 8.52. The van der Waals surface area contributed by atoms with E-state index in [0.717, 1.165) is 17.4 Å². The summed E-state index contributed by atoms with van der Waals surface area (Å²) in [5.41, 5.74) is 2.72. The van der Waals surface area contributed by atoms with Gasteiger partial charge in [0.2, 0.25) is 10.0 Å². The Bertz CT molecular complexity index is 1090. The van der Waals surface area contributed by atoms with Gasteiger partial charge in [0.15, 0.2) is 0 Å². The molecule has 27 heavy (non-hydrogen) atoms. The largest absolute Gasteiger partial charge is 0.321 e. The Labute approximate surface area is 160 Å². The fourth-order valence-electron chi connectivity index (χ4n) is 2.49. The summed E-state index contributed by atoms with van der Waals surface area (Å²) in [6.07, 6.45) is 1.59. The van der Waals surface area contributed by atoms with Crippen LogP contribution in [0.25, 0.3) is 11.1 Å². The molecule has 8 heteroatoms. The molecule has 0 atom stereocenters. The fraction of sp³-hybridized carbons (Fsp3) is 0.0526. The second kappa shape index (κ2) is 7.73. The number of sulfonamides is 1. The average molecular weight is 400 g/mol. The summed E-state index contributed by atoms with van der Waals surface area (Å²) >= 11 is 1.30. The molecule has 0 aliphatic rings. The van der Waals surface area contributed by atoms with Crippen LogP contribution in [0.5, 0.6) is 0 Å². The van der Waals surface area contributed by atoms with Crippen molar-refractivity contribution in [3.8, 4) is 11.1 Å². The topological polar surface area (TPSA) is 92.3 Å². The van der Waals surface area contributed by atoms with Crippen LogP contribution < -0.4 is 10.0 Å². The van der Waals surface area contributed by atoms with Gasteiger partial charge in [-0.15, -0.1) is 11.3 Å². The third kappa shape index (κ3) is 5.02. The van der Waals surface area contributed by atoms with Crippen LogP contribution >= 0.6 is 11.3 Å². The Morgan fingerprint density at radius 3 is 2.37 bits per heavy atom. The summed E-state index contributed by atoms with van der Waals surface area (Å²) in [7, 11) is -3.50. The molecule has 0 fully saturated rings. The van der Waals surface area contributed by atoms with E-state index >= 15 is 0 Å². The van der Waals surface area contributed by atoms with E-state index in [2.05, 4.69) is 10.0 Å². The van der Waals surface area contributed by atoms with Crippen LogP contribution in [0.2, 0.25) is 0 Å². The van der Waals surface area contributed by atoms with Crippen LogP contribution in [0.4, 0.5) is 11.4 Å². The first-order valence-corrected chi connectivity index (χ1v) is 10.6. The van der Waals surface area contributed by atoms with Crippen molar-refractivity contribution >= 4 is 44.9 Å². The third-order valence-corrected chi connectivity index (χ3v) is 5.12. The van der Waals surface area contributed by atoms with Gasteiger partial charge in [0.1, 0.15) is 6.29 Å². The van der Waals surface area contributed by atoms with Gasteiger partial charge in [-0.3, -0.25) is 14.3 Å².